The summed E-state index contributed by atoms with van der Waals surface area (Å²) in [6.45, 7) is 7.83. The van der Waals surface area contributed by atoms with Crippen LogP contribution in [-0.4, -0.2) is 48.1 Å². The van der Waals surface area contributed by atoms with Crippen molar-refractivity contribution in [3.63, 3.8) is 0 Å². The van der Waals surface area contributed by atoms with E-state index in [0.29, 0.717) is 6.04 Å². The van der Waals surface area contributed by atoms with Gasteiger partial charge in [0.15, 0.2) is 0 Å². The largest absolute Gasteiger partial charge is 0.496 e. The highest BCUT2D eigenvalue weighted by atomic mass is 16.5. The van der Waals surface area contributed by atoms with E-state index in [9.17, 15) is 0 Å². The number of ether oxygens (including phenoxy) is 1. The maximum Gasteiger partial charge on any atom is 0.208 e. The van der Waals surface area contributed by atoms with Gasteiger partial charge in [-0.2, -0.15) is 0 Å². The van der Waals surface area contributed by atoms with Crippen molar-refractivity contribution >= 4 is 0 Å². The average Bonchev–Trinajstić information content (AvgIpc) is 3.15. The molecule has 0 amide bonds. The Hall–Kier alpha value is -1.85. The lowest BCUT2D eigenvalue weighted by Crippen LogP contribution is -2.36. The quantitative estimate of drug-likeness (QED) is 0.815. The summed E-state index contributed by atoms with van der Waals surface area (Å²) >= 11 is 0. The van der Waals surface area contributed by atoms with E-state index in [1.165, 1.54) is 17.5 Å². The molecule has 0 unspecified atom stereocenters. The molecule has 1 aromatic carbocycles. The van der Waals surface area contributed by atoms with E-state index >= 15 is 0 Å². The van der Waals surface area contributed by atoms with Gasteiger partial charge in [-0.25, -0.2) is 4.98 Å². The highest BCUT2D eigenvalue weighted by molar-refractivity contribution is 5.36. The van der Waals surface area contributed by atoms with Crippen molar-refractivity contribution in [1.82, 2.24) is 14.8 Å². The summed E-state index contributed by atoms with van der Waals surface area (Å²) in [5, 5.41) is 0. The molecule has 5 nitrogen and oxygen atoms in total. The van der Waals surface area contributed by atoms with Crippen LogP contribution in [0, 0.1) is 13.8 Å². The highest BCUT2D eigenvalue weighted by Crippen LogP contribution is 2.25. The van der Waals surface area contributed by atoms with Gasteiger partial charge in [0.2, 0.25) is 5.89 Å². The molecule has 1 aliphatic heterocycles. The Balaban J connectivity index is 1.82. The molecule has 1 aliphatic rings. The van der Waals surface area contributed by atoms with Gasteiger partial charge in [0.25, 0.3) is 0 Å². The second kappa shape index (κ2) is 7.36. The summed E-state index contributed by atoms with van der Waals surface area (Å²) in [5.74, 6) is 2.59. The third-order valence-electron chi connectivity index (χ3n) is 4.70. The zero-order valence-corrected chi connectivity index (χ0v) is 15.1. The van der Waals surface area contributed by atoms with Gasteiger partial charge in [-0.3, -0.25) is 4.90 Å². The molecule has 0 spiro atoms. The van der Waals surface area contributed by atoms with E-state index in [1.807, 2.05) is 6.92 Å². The normalized spacial score (nSPS) is 18.5. The number of aromatic nitrogens is 1. The van der Waals surface area contributed by atoms with Gasteiger partial charge in [-0.1, -0.05) is 17.7 Å². The van der Waals surface area contributed by atoms with Gasteiger partial charge in [0.1, 0.15) is 11.5 Å². The maximum atomic E-state index is 5.72. The van der Waals surface area contributed by atoms with Crippen LogP contribution in [0.2, 0.25) is 0 Å². The molecule has 24 heavy (non-hydrogen) atoms. The molecule has 0 radical (unpaired) electrons. The molecule has 1 fully saturated rings. The minimum atomic E-state index is 0.507. The number of hydrogen-bond acceptors (Lipinski definition) is 5. The van der Waals surface area contributed by atoms with Crippen LogP contribution in [0.4, 0.5) is 0 Å². The van der Waals surface area contributed by atoms with Gasteiger partial charge in [0, 0.05) is 24.7 Å². The van der Waals surface area contributed by atoms with Crippen LogP contribution in [0.3, 0.4) is 0 Å². The number of oxazole rings is 1. The molecule has 1 saturated heterocycles. The van der Waals surface area contributed by atoms with Crippen LogP contribution in [0.1, 0.15) is 29.2 Å². The first-order valence-electron chi connectivity index (χ1n) is 8.52. The third kappa shape index (κ3) is 3.97. The Morgan fingerprint density at radius 1 is 1.33 bits per heavy atom. The SMILES string of the molecule is COc1ccc(C)cc1CN(Cc1ncc(C)o1)[C@H]1CCN(C)C1. The summed E-state index contributed by atoms with van der Waals surface area (Å²) in [6, 6.07) is 6.87. The van der Waals surface area contributed by atoms with Crippen molar-refractivity contribution in [2.45, 2.75) is 39.4 Å². The molecule has 2 aromatic rings. The van der Waals surface area contributed by atoms with Crippen LogP contribution in [0.5, 0.6) is 5.75 Å². The molecule has 0 saturated carbocycles. The standard InChI is InChI=1S/C19H27N3O2/c1-14-5-6-18(23-4)16(9-14)11-22(17-7-8-21(3)12-17)13-19-20-10-15(2)24-19/h5-6,9-10,17H,7-8,11-13H2,1-4H3/t17-/m0/s1. The first kappa shape index (κ1) is 17.0. The van der Waals surface area contributed by atoms with Crippen molar-refractivity contribution in [2.75, 3.05) is 27.2 Å². The molecule has 1 aromatic heterocycles. The fraction of sp³-hybridized carbons (Fsp3) is 0.526. The molecule has 5 heteroatoms. The monoisotopic (exact) mass is 329 g/mol. The zero-order chi connectivity index (χ0) is 17.1. The van der Waals surface area contributed by atoms with Crippen molar-refractivity contribution in [2.24, 2.45) is 0 Å². The molecular formula is C19H27N3O2. The topological polar surface area (TPSA) is 41.7 Å². The van der Waals surface area contributed by atoms with Crippen LogP contribution >= 0.6 is 0 Å². The molecule has 130 valence electrons. The smallest absolute Gasteiger partial charge is 0.208 e. The first-order valence-corrected chi connectivity index (χ1v) is 8.52. The zero-order valence-electron chi connectivity index (χ0n) is 15.1. The van der Waals surface area contributed by atoms with E-state index in [2.05, 4.69) is 47.0 Å². The maximum absolute atomic E-state index is 5.72. The first-order chi connectivity index (χ1) is 11.5. The van der Waals surface area contributed by atoms with Gasteiger partial charge in [0.05, 0.1) is 19.9 Å². The highest BCUT2D eigenvalue weighted by Gasteiger charge is 2.27. The van der Waals surface area contributed by atoms with Crippen LogP contribution in [0.15, 0.2) is 28.8 Å². The van der Waals surface area contributed by atoms with Gasteiger partial charge < -0.3 is 14.1 Å². The number of benzene rings is 1. The molecule has 1 atom stereocenters. The van der Waals surface area contributed by atoms with Crippen LogP contribution in [-0.2, 0) is 13.1 Å². The number of hydrogen-bond donors (Lipinski definition) is 0. The summed E-state index contributed by atoms with van der Waals surface area (Å²) in [6.07, 6.45) is 2.96. The predicted octanol–water partition coefficient (Wildman–Crippen LogP) is 3.01. The Bertz CT molecular complexity index is 683. The lowest BCUT2D eigenvalue weighted by Gasteiger charge is -2.28. The second-order valence-electron chi connectivity index (χ2n) is 6.79. The molecule has 0 bridgehead atoms. The molecule has 2 heterocycles. The second-order valence-corrected chi connectivity index (χ2v) is 6.79. The molecule has 0 aliphatic carbocycles. The summed E-state index contributed by atoms with van der Waals surface area (Å²) in [5.41, 5.74) is 2.47. The Morgan fingerprint density at radius 2 is 2.17 bits per heavy atom. The van der Waals surface area contributed by atoms with Gasteiger partial charge >= 0.3 is 0 Å². The summed E-state index contributed by atoms with van der Waals surface area (Å²) in [7, 11) is 3.92. The number of rotatable bonds is 6. The van der Waals surface area contributed by atoms with Crippen molar-refractivity contribution < 1.29 is 9.15 Å². The van der Waals surface area contributed by atoms with Gasteiger partial charge in [-0.15, -0.1) is 0 Å². The lowest BCUT2D eigenvalue weighted by atomic mass is 10.1. The Morgan fingerprint density at radius 3 is 2.79 bits per heavy atom. The lowest BCUT2D eigenvalue weighted by molar-refractivity contribution is 0.161. The predicted molar refractivity (Wildman–Crippen MR) is 94.1 cm³/mol. The van der Waals surface area contributed by atoms with Crippen LogP contribution in [0.25, 0.3) is 0 Å². The Labute approximate surface area is 144 Å². The van der Waals surface area contributed by atoms with E-state index in [1.54, 1.807) is 13.3 Å². The van der Waals surface area contributed by atoms with Crippen molar-refractivity contribution in [3.8, 4) is 5.75 Å². The van der Waals surface area contributed by atoms with Crippen molar-refractivity contribution in [3.05, 3.63) is 47.2 Å². The molecule has 3 rings (SSSR count). The number of aryl methyl sites for hydroxylation is 2. The van der Waals surface area contributed by atoms with E-state index in [0.717, 1.165) is 43.6 Å². The van der Waals surface area contributed by atoms with E-state index < -0.39 is 0 Å². The van der Waals surface area contributed by atoms with Crippen LogP contribution < -0.4 is 4.74 Å². The number of likely N-dealkylation sites (N-methyl/N-ethyl adjacent to an activating group) is 1. The minimum Gasteiger partial charge on any atom is -0.496 e. The fourth-order valence-corrected chi connectivity index (χ4v) is 3.42. The van der Waals surface area contributed by atoms with Gasteiger partial charge in [-0.05, 0) is 39.9 Å². The summed E-state index contributed by atoms with van der Waals surface area (Å²) in [4.78, 5) is 9.24. The Kier molecular flexibility index (Phi) is 5.21. The third-order valence-corrected chi connectivity index (χ3v) is 4.70. The number of likely N-dealkylation sites (tertiary alicyclic amines) is 1. The van der Waals surface area contributed by atoms with E-state index in [-0.39, 0.29) is 0 Å². The summed E-state index contributed by atoms with van der Waals surface area (Å²) < 4.78 is 11.3. The fourth-order valence-electron chi connectivity index (χ4n) is 3.42. The molecular weight excluding hydrogens is 302 g/mol. The number of nitrogens with zero attached hydrogens (tertiary/aromatic N) is 3. The minimum absolute atomic E-state index is 0.507. The van der Waals surface area contributed by atoms with Crippen molar-refractivity contribution in [1.29, 1.82) is 0 Å². The number of methoxy groups -OCH3 is 1. The van der Waals surface area contributed by atoms with E-state index in [4.69, 9.17) is 9.15 Å². The average molecular weight is 329 g/mol. The molecule has 0 N–H and O–H groups in total.